The Morgan fingerprint density at radius 2 is 1.42 bits per heavy atom. The molecule has 2 nitrogen and oxygen atoms in total. The van der Waals surface area contributed by atoms with Gasteiger partial charge in [0.25, 0.3) is 0 Å². The van der Waals surface area contributed by atoms with Gasteiger partial charge in [-0.05, 0) is 56.3 Å². The Morgan fingerprint density at radius 1 is 0.962 bits per heavy atom. The summed E-state index contributed by atoms with van der Waals surface area (Å²) in [6, 6.07) is 0. The van der Waals surface area contributed by atoms with Crippen LogP contribution in [0, 0.1) is 17.8 Å². The van der Waals surface area contributed by atoms with Crippen LogP contribution in [-0.4, -0.2) is 24.6 Å². The van der Waals surface area contributed by atoms with E-state index in [0.717, 1.165) is 12.8 Å². The average molecular weight is 381 g/mol. The zero-order chi connectivity index (χ0) is 18.5. The van der Waals surface area contributed by atoms with E-state index in [1.165, 1.54) is 69.8 Å². The lowest BCUT2D eigenvalue weighted by atomic mass is 9.77. The summed E-state index contributed by atoms with van der Waals surface area (Å²) in [4.78, 5) is 0. The SMILES string of the molecule is C=C(CC)[C@@H](C)C[C@H](Cl)B1O[C@H](C2CCCCC2)[C@@H](C2CCCCC2)O1. The third kappa shape index (κ3) is 5.09. The molecule has 4 heteroatoms. The Morgan fingerprint density at radius 3 is 1.85 bits per heavy atom. The van der Waals surface area contributed by atoms with Gasteiger partial charge >= 0.3 is 7.12 Å². The Hall–Kier alpha value is 0.0149. The maximum Gasteiger partial charge on any atom is 0.476 e. The predicted octanol–water partition coefficient (Wildman–Crippen LogP) is 6.56. The van der Waals surface area contributed by atoms with Gasteiger partial charge in [-0.3, -0.25) is 0 Å². The van der Waals surface area contributed by atoms with Crippen molar-refractivity contribution < 1.29 is 9.31 Å². The number of alkyl halides is 1. The van der Waals surface area contributed by atoms with E-state index < -0.39 is 0 Å². The van der Waals surface area contributed by atoms with Crippen LogP contribution in [0.15, 0.2) is 12.2 Å². The predicted molar refractivity (Wildman–Crippen MR) is 112 cm³/mol. The van der Waals surface area contributed by atoms with E-state index in [2.05, 4.69) is 20.4 Å². The van der Waals surface area contributed by atoms with Gasteiger partial charge < -0.3 is 9.31 Å². The maximum absolute atomic E-state index is 6.80. The van der Waals surface area contributed by atoms with Crippen LogP contribution >= 0.6 is 11.6 Å². The summed E-state index contributed by atoms with van der Waals surface area (Å²) < 4.78 is 13.1. The van der Waals surface area contributed by atoms with Gasteiger partial charge in [0.05, 0.1) is 17.5 Å². The van der Waals surface area contributed by atoms with Gasteiger partial charge in [-0.25, -0.2) is 0 Å². The molecule has 148 valence electrons. The molecule has 3 fully saturated rings. The second-order valence-electron chi connectivity index (χ2n) is 9.03. The first-order valence-corrected chi connectivity index (χ1v) is 11.7. The van der Waals surface area contributed by atoms with Crippen LogP contribution in [-0.2, 0) is 9.31 Å². The van der Waals surface area contributed by atoms with E-state index in [9.17, 15) is 0 Å². The molecular formula is C22H38BClO2. The molecule has 3 aliphatic rings. The molecule has 0 aromatic heterocycles. The quantitative estimate of drug-likeness (QED) is 0.283. The highest BCUT2D eigenvalue weighted by atomic mass is 35.5. The average Bonchev–Trinajstić information content (AvgIpc) is 3.14. The van der Waals surface area contributed by atoms with Gasteiger partial charge in [0.15, 0.2) is 0 Å². The van der Waals surface area contributed by atoms with Crippen molar-refractivity contribution in [1.29, 1.82) is 0 Å². The largest absolute Gasteiger partial charge is 0.476 e. The third-order valence-corrected chi connectivity index (χ3v) is 7.54. The van der Waals surface area contributed by atoms with Crippen LogP contribution in [0.2, 0.25) is 0 Å². The molecule has 0 aromatic carbocycles. The highest BCUT2D eigenvalue weighted by Gasteiger charge is 2.49. The maximum atomic E-state index is 6.80. The molecule has 0 radical (unpaired) electrons. The summed E-state index contributed by atoms with van der Waals surface area (Å²) in [5.74, 6) is 1.77. The van der Waals surface area contributed by atoms with Crippen molar-refractivity contribution in [3.8, 4) is 0 Å². The zero-order valence-corrected chi connectivity index (χ0v) is 17.7. The molecule has 0 aromatic rings. The smallest absolute Gasteiger partial charge is 0.404 e. The van der Waals surface area contributed by atoms with E-state index in [1.54, 1.807) is 0 Å². The Kier molecular flexibility index (Phi) is 7.96. The van der Waals surface area contributed by atoms with Crippen molar-refractivity contribution in [2.45, 2.75) is 108 Å². The molecule has 2 saturated carbocycles. The molecule has 0 spiro atoms. The summed E-state index contributed by atoms with van der Waals surface area (Å²) in [5.41, 5.74) is 1.28. The number of hydrogen-bond donors (Lipinski definition) is 0. The molecule has 2 aliphatic carbocycles. The number of hydrogen-bond acceptors (Lipinski definition) is 2. The van der Waals surface area contributed by atoms with Crippen LogP contribution in [0.5, 0.6) is 0 Å². The minimum absolute atomic E-state index is 0.0759. The van der Waals surface area contributed by atoms with Crippen LogP contribution < -0.4 is 0 Å². The van der Waals surface area contributed by atoms with Gasteiger partial charge in [-0.15, -0.1) is 11.6 Å². The van der Waals surface area contributed by atoms with Crippen LogP contribution in [0.25, 0.3) is 0 Å². The molecule has 3 rings (SSSR count). The molecule has 1 aliphatic heterocycles. The minimum atomic E-state index is -0.234. The first kappa shape index (κ1) is 20.7. The first-order valence-electron chi connectivity index (χ1n) is 11.2. The van der Waals surface area contributed by atoms with Gasteiger partial charge in [0, 0.05) is 0 Å². The molecular weight excluding hydrogens is 343 g/mol. The fourth-order valence-electron chi connectivity index (χ4n) is 5.32. The fraction of sp³-hybridized carbons (Fsp3) is 0.909. The molecule has 26 heavy (non-hydrogen) atoms. The van der Waals surface area contributed by atoms with Crippen molar-refractivity contribution >= 4 is 18.7 Å². The first-order chi connectivity index (χ1) is 12.6. The summed E-state index contributed by atoms with van der Waals surface area (Å²) in [5, 5.41) is -0.0759. The Balaban J connectivity index is 1.65. The topological polar surface area (TPSA) is 18.5 Å². The van der Waals surface area contributed by atoms with E-state index in [1.807, 2.05) is 0 Å². The van der Waals surface area contributed by atoms with Crippen molar-refractivity contribution in [3.63, 3.8) is 0 Å². The minimum Gasteiger partial charge on any atom is -0.404 e. The number of rotatable bonds is 7. The fourth-order valence-corrected chi connectivity index (χ4v) is 5.70. The second-order valence-corrected chi connectivity index (χ2v) is 9.59. The van der Waals surface area contributed by atoms with Crippen molar-refractivity contribution in [1.82, 2.24) is 0 Å². The molecule has 0 N–H and O–H groups in total. The van der Waals surface area contributed by atoms with Crippen molar-refractivity contribution in [2.75, 3.05) is 0 Å². The van der Waals surface area contributed by atoms with Gasteiger partial charge in [0.1, 0.15) is 0 Å². The molecule has 0 amide bonds. The molecule has 0 unspecified atom stereocenters. The normalized spacial score (nSPS) is 31.1. The second kappa shape index (κ2) is 9.98. The molecule has 1 heterocycles. The Labute approximate surface area is 166 Å². The summed E-state index contributed by atoms with van der Waals surface area (Å²) in [7, 11) is -0.234. The van der Waals surface area contributed by atoms with Crippen molar-refractivity contribution in [2.24, 2.45) is 17.8 Å². The standard InChI is InChI=1S/C22H38BClO2/c1-4-16(2)17(3)15-20(24)23-25-21(18-11-7-5-8-12-18)22(26-23)19-13-9-6-10-14-19/h17-22H,2,4-15H2,1,3H3/t17-,20-,21+,22+/m0/s1. The highest BCUT2D eigenvalue weighted by Crippen LogP contribution is 2.41. The van der Waals surface area contributed by atoms with Crippen LogP contribution in [0.4, 0.5) is 0 Å². The van der Waals surface area contributed by atoms with E-state index >= 15 is 0 Å². The highest BCUT2D eigenvalue weighted by molar-refractivity contribution is 6.59. The van der Waals surface area contributed by atoms with Gasteiger partial charge in [-0.1, -0.05) is 64.5 Å². The lowest BCUT2D eigenvalue weighted by Crippen LogP contribution is -2.38. The lowest BCUT2D eigenvalue weighted by Gasteiger charge is -2.35. The summed E-state index contributed by atoms with van der Waals surface area (Å²) in [6.45, 7) is 8.59. The van der Waals surface area contributed by atoms with Gasteiger partial charge in [-0.2, -0.15) is 0 Å². The van der Waals surface area contributed by atoms with Crippen LogP contribution in [0.3, 0.4) is 0 Å². The number of halogens is 1. The molecule has 4 atom stereocenters. The van der Waals surface area contributed by atoms with E-state index in [-0.39, 0.29) is 24.6 Å². The molecule has 0 bridgehead atoms. The number of allylic oxidation sites excluding steroid dienone is 1. The van der Waals surface area contributed by atoms with Crippen LogP contribution in [0.1, 0.15) is 90.9 Å². The van der Waals surface area contributed by atoms with E-state index in [0.29, 0.717) is 17.8 Å². The Bertz CT molecular complexity index is 419. The van der Waals surface area contributed by atoms with Crippen molar-refractivity contribution in [3.05, 3.63) is 12.2 Å². The molecule has 1 saturated heterocycles. The lowest BCUT2D eigenvalue weighted by molar-refractivity contribution is 0.0324. The zero-order valence-electron chi connectivity index (χ0n) is 16.9. The van der Waals surface area contributed by atoms with E-state index in [4.69, 9.17) is 20.9 Å². The third-order valence-electron chi connectivity index (χ3n) is 7.16. The summed E-state index contributed by atoms with van der Waals surface area (Å²) in [6.07, 6.45) is 15.9. The summed E-state index contributed by atoms with van der Waals surface area (Å²) >= 11 is 6.80. The monoisotopic (exact) mass is 380 g/mol. The van der Waals surface area contributed by atoms with Gasteiger partial charge in [0.2, 0.25) is 0 Å².